The standard InChI is InChI=1S/C15H20ClNO/c1-15(8-10-3-2-4-10)9-13(17)12-7-11(16)5-6-14(12)18-15/h5-7,10,13H,2-4,8-9,17H2,1H3/t13-,15?/m1/s1. The van der Waals surface area contributed by atoms with E-state index in [0.29, 0.717) is 0 Å². The van der Waals surface area contributed by atoms with Crippen LogP contribution in [0.1, 0.15) is 50.6 Å². The van der Waals surface area contributed by atoms with Crippen LogP contribution in [0.5, 0.6) is 5.75 Å². The fourth-order valence-corrected chi connectivity index (χ4v) is 3.40. The van der Waals surface area contributed by atoms with Crippen LogP contribution in [0.2, 0.25) is 5.02 Å². The van der Waals surface area contributed by atoms with Gasteiger partial charge in [-0.1, -0.05) is 30.9 Å². The lowest BCUT2D eigenvalue weighted by molar-refractivity contribution is 0.0171. The quantitative estimate of drug-likeness (QED) is 0.875. The van der Waals surface area contributed by atoms with Gasteiger partial charge in [0.2, 0.25) is 0 Å². The van der Waals surface area contributed by atoms with Gasteiger partial charge in [-0.05, 0) is 37.5 Å². The molecule has 1 aromatic rings. The maximum atomic E-state index is 6.29. The van der Waals surface area contributed by atoms with Crippen molar-refractivity contribution >= 4 is 11.6 Å². The molecule has 2 aliphatic rings. The number of benzene rings is 1. The Balaban J connectivity index is 1.83. The average Bonchev–Trinajstić information content (AvgIpc) is 2.25. The molecule has 1 aliphatic heterocycles. The van der Waals surface area contributed by atoms with Crippen LogP contribution in [-0.4, -0.2) is 5.60 Å². The minimum Gasteiger partial charge on any atom is -0.487 e. The number of rotatable bonds is 2. The number of nitrogens with two attached hydrogens (primary N) is 1. The Kier molecular flexibility index (Phi) is 3.03. The molecule has 2 nitrogen and oxygen atoms in total. The fourth-order valence-electron chi connectivity index (χ4n) is 3.22. The summed E-state index contributed by atoms with van der Waals surface area (Å²) in [4.78, 5) is 0. The number of hydrogen-bond donors (Lipinski definition) is 1. The first-order chi connectivity index (χ1) is 8.56. The highest BCUT2D eigenvalue weighted by Crippen LogP contribution is 2.44. The van der Waals surface area contributed by atoms with Crippen molar-refractivity contribution < 1.29 is 4.74 Å². The first-order valence-electron chi connectivity index (χ1n) is 6.80. The van der Waals surface area contributed by atoms with Crippen molar-refractivity contribution in [3.63, 3.8) is 0 Å². The zero-order valence-electron chi connectivity index (χ0n) is 10.8. The summed E-state index contributed by atoms with van der Waals surface area (Å²) in [6.45, 7) is 2.20. The van der Waals surface area contributed by atoms with Gasteiger partial charge in [0.1, 0.15) is 11.4 Å². The van der Waals surface area contributed by atoms with Crippen molar-refractivity contribution in [2.45, 2.75) is 50.7 Å². The van der Waals surface area contributed by atoms with Gasteiger partial charge in [-0.25, -0.2) is 0 Å². The Hall–Kier alpha value is -0.730. The Morgan fingerprint density at radius 2 is 2.22 bits per heavy atom. The van der Waals surface area contributed by atoms with Crippen molar-refractivity contribution in [2.24, 2.45) is 11.7 Å². The van der Waals surface area contributed by atoms with Crippen molar-refractivity contribution in [3.8, 4) is 5.75 Å². The highest BCUT2D eigenvalue weighted by Gasteiger charge is 2.38. The zero-order chi connectivity index (χ0) is 12.8. The van der Waals surface area contributed by atoms with Crippen molar-refractivity contribution in [2.75, 3.05) is 0 Å². The molecule has 2 atom stereocenters. The summed E-state index contributed by atoms with van der Waals surface area (Å²) in [5.41, 5.74) is 7.23. The molecule has 1 saturated carbocycles. The molecule has 3 heteroatoms. The molecule has 2 N–H and O–H groups in total. The van der Waals surface area contributed by atoms with Gasteiger partial charge in [-0.2, -0.15) is 0 Å². The van der Waals surface area contributed by atoms with E-state index in [4.69, 9.17) is 22.1 Å². The lowest BCUT2D eigenvalue weighted by Gasteiger charge is -2.42. The second-order valence-corrected chi connectivity index (χ2v) is 6.48. The fraction of sp³-hybridized carbons (Fsp3) is 0.600. The maximum Gasteiger partial charge on any atom is 0.125 e. The maximum absolute atomic E-state index is 6.29. The van der Waals surface area contributed by atoms with E-state index >= 15 is 0 Å². The highest BCUT2D eigenvalue weighted by atomic mass is 35.5. The second-order valence-electron chi connectivity index (χ2n) is 6.05. The van der Waals surface area contributed by atoms with Gasteiger partial charge < -0.3 is 10.5 Å². The third kappa shape index (κ3) is 2.24. The van der Waals surface area contributed by atoms with Crippen LogP contribution < -0.4 is 10.5 Å². The van der Waals surface area contributed by atoms with E-state index in [1.54, 1.807) is 0 Å². The van der Waals surface area contributed by atoms with Crippen LogP contribution in [0.15, 0.2) is 18.2 Å². The minimum atomic E-state index is -0.106. The van der Waals surface area contributed by atoms with E-state index in [1.165, 1.54) is 19.3 Å². The van der Waals surface area contributed by atoms with Gasteiger partial charge in [-0.3, -0.25) is 0 Å². The molecule has 1 heterocycles. The molecule has 0 spiro atoms. The molecule has 0 radical (unpaired) electrons. The van der Waals surface area contributed by atoms with Gasteiger partial charge >= 0.3 is 0 Å². The Labute approximate surface area is 113 Å². The predicted octanol–water partition coefficient (Wildman–Crippen LogP) is 4.07. The third-order valence-corrected chi connectivity index (χ3v) is 4.56. The second kappa shape index (κ2) is 4.43. The monoisotopic (exact) mass is 265 g/mol. The Bertz CT molecular complexity index is 458. The number of halogens is 1. The first-order valence-corrected chi connectivity index (χ1v) is 7.18. The highest BCUT2D eigenvalue weighted by molar-refractivity contribution is 6.30. The zero-order valence-corrected chi connectivity index (χ0v) is 11.5. The summed E-state index contributed by atoms with van der Waals surface area (Å²) in [6, 6.07) is 5.81. The predicted molar refractivity (Wildman–Crippen MR) is 74.0 cm³/mol. The largest absolute Gasteiger partial charge is 0.487 e. The normalized spacial score (nSPS) is 31.4. The van der Waals surface area contributed by atoms with Gasteiger partial charge in [-0.15, -0.1) is 0 Å². The van der Waals surface area contributed by atoms with Crippen LogP contribution in [0.25, 0.3) is 0 Å². The summed E-state index contributed by atoms with van der Waals surface area (Å²) in [5.74, 6) is 1.75. The summed E-state index contributed by atoms with van der Waals surface area (Å²) < 4.78 is 6.21. The van der Waals surface area contributed by atoms with Gasteiger partial charge in [0, 0.05) is 23.0 Å². The molecule has 1 aliphatic carbocycles. The first kappa shape index (κ1) is 12.3. The molecule has 0 amide bonds. The molecule has 0 saturated heterocycles. The SMILES string of the molecule is CC1(CC2CCC2)C[C@@H](N)c2cc(Cl)ccc2O1. The Morgan fingerprint density at radius 3 is 2.89 bits per heavy atom. The van der Waals surface area contributed by atoms with Crippen molar-refractivity contribution in [1.29, 1.82) is 0 Å². The van der Waals surface area contributed by atoms with Crippen LogP contribution >= 0.6 is 11.6 Å². The van der Waals surface area contributed by atoms with Crippen molar-refractivity contribution in [1.82, 2.24) is 0 Å². The van der Waals surface area contributed by atoms with E-state index in [9.17, 15) is 0 Å². The molecule has 3 rings (SSSR count). The third-order valence-electron chi connectivity index (χ3n) is 4.32. The summed E-state index contributed by atoms with van der Waals surface area (Å²) in [6.07, 6.45) is 6.09. The lowest BCUT2D eigenvalue weighted by Crippen LogP contribution is -2.42. The topological polar surface area (TPSA) is 35.2 Å². The van der Waals surface area contributed by atoms with E-state index in [-0.39, 0.29) is 11.6 Å². The molecule has 18 heavy (non-hydrogen) atoms. The average molecular weight is 266 g/mol. The molecule has 98 valence electrons. The molecular weight excluding hydrogens is 246 g/mol. The van der Waals surface area contributed by atoms with Crippen LogP contribution in [0, 0.1) is 5.92 Å². The number of fused-ring (bicyclic) bond motifs is 1. The van der Waals surface area contributed by atoms with E-state index < -0.39 is 0 Å². The number of ether oxygens (including phenoxy) is 1. The molecule has 1 unspecified atom stereocenters. The molecule has 1 aromatic carbocycles. The van der Waals surface area contributed by atoms with Gasteiger partial charge in [0.15, 0.2) is 0 Å². The number of hydrogen-bond acceptors (Lipinski definition) is 2. The summed E-state index contributed by atoms with van der Waals surface area (Å²) >= 11 is 6.02. The van der Waals surface area contributed by atoms with Crippen LogP contribution in [0.4, 0.5) is 0 Å². The smallest absolute Gasteiger partial charge is 0.125 e. The van der Waals surface area contributed by atoms with Crippen LogP contribution in [-0.2, 0) is 0 Å². The molecule has 0 bridgehead atoms. The molecule has 0 aromatic heterocycles. The van der Waals surface area contributed by atoms with Crippen molar-refractivity contribution in [3.05, 3.63) is 28.8 Å². The summed E-state index contributed by atoms with van der Waals surface area (Å²) in [7, 11) is 0. The van der Waals surface area contributed by atoms with Crippen LogP contribution in [0.3, 0.4) is 0 Å². The van der Waals surface area contributed by atoms with Gasteiger partial charge in [0.25, 0.3) is 0 Å². The summed E-state index contributed by atoms with van der Waals surface area (Å²) in [5, 5.41) is 0.732. The van der Waals surface area contributed by atoms with E-state index in [1.807, 2.05) is 18.2 Å². The van der Waals surface area contributed by atoms with Gasteiger partial charge in [0.05, 0.1) is 0 Å². The minimum absolute atomic E-state index is 0.0394. The Morgan fingerprint density at radius 1 is 1.44 bits per heavy atom. The van der Waals surface area contributed by atoms with E-state index in [2.05, 4.69) is 6.92 Å². The van der Waals surface area contributed by atoms with E-state index in [0.717, 1.165) is 35.1 Å². The molecular formula is C15H20ClNO. The lowest BCUT2D eigenvalue weighted by atomic mass is 9.74. The molecule has 1 fully saturated rings.